The van der Waals surface area contributed by atoms with Gasteiger partial charge in [0.2, 0.25) is 11.8 Å². The molecular weight excluding hydrogens is 428 g/mol. The largest absolute Gasteiger partial charge is 0.441 e. The molecule has 2 amide bonds. The maximum Gasteiger partial charge on any atom is 0.238 e. The van der Waals surface area contributed by atoms with Gasteiger partial charge in [-0.1, -0.05) is 29.8 Å². The highest BCUT2D eigenvalue weighted by Crippen LogP contribution is 2.23. The van der Waals surface area contributed by atoms with Crippen LogP contribution in [0, 0.1) is 20.8 Å². The normalized spacial score (nSPS) is 14.3. The molecule has 0 atom stereocenters. The van der Waals surface area contributed by atoms with Crippen molar-refractivity contribution >= 4 is 17.5 Å². The van der Waals surface area contributed by atoms with Crippen molar-refractivity contribution in [2.24, 2.45) is 0 Å². The summed E-state index contributed by atoms with van der Waals surface area (Å²) in [7, 11) is 0. The highest BCUT2D eigenvalue weighted by molar-refractivity contribution is 5.92. The number of benzene rings is 2. The summed E-state index contributed by atoms with van der Waals surface area (Å²) in [5.74, 6) is 1.36. The topological polar surface area (TPSA) is 78.7 Å². The lowest BCUT2D eigenvalue weighted by Gasteiger charge is -2.34. The van der Waals surface area contributed by atoms with Crippen LogP contribution >= 0.6 is 0 Å². The number of rotatable bonds is 7. The summed E-state index contributed by atoms with van der Waals surface area (Å²) in [6.07, 6.45) is 2.56. The molecule has 0 saturated carbocycles. The van der Waals surface area contributed by atoms with Crippen molar-refractivity contribution in [1.82, 2.24) is 14.8 Å². The SMILES string of the molecule is Cc1ccc(NC(=O)CN2CCN(C(=O)CCc3ncc(-c4ccc(C)c(C)c4)o3)CC2)cc1. The van der Waals surface area contributed by atoms with E-state index in [0.717, 1.165) is 22.6 Å². The van der Waals surface area contributed by atoms with Gasteiger partial charge >= 0.3 is 0 Å². The zero-order chi connectivity index (χ0) is 24.1. The maximum absolute atomic E-state index is 12.7. The average Bonchev–Trinajstić information content (AvgIpc) is 3.30. The van der Waals surface area contributed by atoms with Crippen LogP contribution in [0.4, 0.5) is 5.69 Å². The van der Waals surface area contributed by atoms with Gasteiger partial charge in [0, 0.05) is 50.3 Å². The number of anilines is 1. The molecule has 7 heteroatoms. The molecule has 34 heavy (non-hydrogen) atoms. The molecule has 0 bridgehead atoms. The zero-order valence-electron chi connectivity index (χ0n) is 20.1. The second-order valence-corrected chi connectivity index (χ2v) is 8.99. The fourth-order valence-electron chi connectivity index (χ4n) is 4.02. The molecule has 7 nitrogen and oxygen atoms in total. The number of piperazine rings is 1. The van der Waals surface area contributed by atoms with E-state index in [2.05, 4.69) is 41.2 Å². The molecule has 0 unspecified atom stereocenters. The van der Waals surface area contributed by atoms with Gasteiger partial charge in [0.25, 0.3) is 0 Å². The van der Waals surface area contributed by atoms with E-state index in [-0.39, 0.29) is 11.8 Å². The van der Waals surface area contributed by atoms with Gasteiger partial charge in [-0.15, -0.1) is 0 Å². The highest BCUT2D eigenvalue weighted by Gasteiger charge is 2.22. The minimum atomic E-state index is -0.0351. The van der Waals surface area contributed by atoms with E-state index in [1.807, 2.05) is 42.2 Å². The predicted molar refractivity (Wildman–Crippen MR) is 133 cm³/mol. The summed E-state index contributed by atoms with van der Waals surface area (Å²) in [6, 6.07) is 13.9. The quantitative estimate of drug-likeness (QED) is 0.577. The summed E-state index contributed by atoms with van der Waals surface area (Å²) in [6.45, 7) is 9.11. The van der Waals surface area contributed by atoms with Crippen LogP contribution in [0.15, 0.2) is 53.1 Å². The average molecular weight is 461 g/mol. The molecule has 1 fully saturated rings. The lowest BCUT2D eigenvalue weighted by atomic mass is 10.1. The van der Waals surface area contributed by atoms with Gasteiger partial charge < -0.3 is 14.6 Å². The molecule has 0 radical (unpaired) electrons. The number of carbonyl (C=O) groups excluding carboxylic acids is 2. The van der Waals surface area contributed by atoms with Crippen molar-refractivity contribution in [3.05, 3.63) is 71.2 Å². The van der Waals surface area contributed by atoms with Gasteiger partial charge in [0.15, 0.2) is 11.7 Å². The van der Waals surface area contributed by atoms with E-state index in [9.17, 15) is 9.59 Å². The number of nitrogens with one attached hydrogen (secondary N) is 1. The third-order valence-electron chi connectivity index (χ3n) is 6.33. The first-order valence-corrected chi connectivity index (χ1v) is 11.8. The fourth-order valence-corrected chi connectivity index (χ4v) is 4.02. The minimum absolute atomic E-state index is 0.0351. The summed E-state index contributed by atoms with van der Waals surface area (Å²) in [5, 5.41) is 2.93. The molecule has 1 aliphatic heterocycles. The van der Waals surface area contributed by atoms with E-state index in [4.69, 9.17) is 4.42 Å². The molecule has 4 rings (SSSR count). The molecular formula is C27H32N4O3. The van der Waals surface area contributed by atoms with Gasteiger partial charge in [-0.05, 0) is 50.1 Å². The van der Waals surface area contributed by atoms with Crippen molar-refractivity contribution in [1.29, 1.82) is 0 Å². The first-order chi connectivity index (χ1) is 16.4. The Morgan fingerprint density at radius 2 is 1.71 bits per heavy atom. The number of amides is 2. The Kier molecular flexibility index (Phi) is 7.43. The van der Waals surface area contributed by atoms with Gasteiger partial charge in [0.05, 0.1) is 12.7 Å². The van der Waals surface area contributed by atoms with E-state index in [1.165, 1.54) is 11.1 Å². The zero-order valence-corrected chi connectivity index (χ0v) is 20.1. The third-order valence-corrected chi connectivity index (χ3v) is 6.33. The molecule has 0 aliphatic carbocycles. The van der Waals surface area contributed by atoms with Gasteiger partial charge in [-0.3, -0.25) is 14.5 Å². The van der Waals surface area contributed by atoms with Crippen LogP contribution in [-0.4, -0.2) is 59.3 Å². The van der Waals surface area contributed by atoms with Crippen LogP contribution in [0.5, 0.6) is 0 Å². The number of oxazole rings is 1. The molecule has 2 aromatic carbocycles. The van der Waals surface area contributed by atoms with E-state index in [0.29, 0.717) is 51.5 Å². The van der Waals surface area contributed by atoms with Gasteiger partial charge in [-0.2, -0.15) is 0 Å². The summed E-state index contributed by atoms with van der Waals surface area (Å²) < 4.78 is 5.88. The third kappa shape index (κ3) is 6.11. The number of nitrogens with zero attached hydrogens (tertiary/aromatic N) is 3. The Balaban J connectivity index is 1.20. The summed E-state index contributed by atoms with van der Waals surface area (Å²) >= 11 is 0. The lowest BCUT2D eigenvalue weighted by molar-refractivity contribution is -0.133. The van der Waals surface area contributed by atoms with Crippen molar-refractivity contribution in [3.63, 3.8) is 0 Å². The van der Waals surface area contributed by atoms with E-state index >= 15 is 0 Å². The predicted octanol–water partition coefficient (Wildman–Crippen LogP) is 3.98. The lowest BCUT2D eigenvalue weighted by Crippen LogP contribution is -2.50. The highest BCUT2D eigenvalue weighted by atomic mass is 16.4. The van der Waals surface area contributed by atoms with Crippen molar-refractivity contribution in [2.45, 2.75) is 33.6 Å². The van der Waals surface area contributed by atoms with Gasteiger partial charge in [0.1, 0.15) is 0 Å². The Labute approximate surface area is 200 Å². The van der Waals surface area contributed by atoms with Gasteiger partial charge in [-0.25, -0.2) is 4.98 Å². The smallest absolute Gasteiger partial charge is 0.238 e. The monoisotopic (exact) mass is 460 g/mol. The Morgan fingerprint density at radius 3 is 2.41 bits per heavy atom. The Morgan fingerprint density at radius 1 is 0.971 bits per heavy atom. The van der Waals surface area contributed by atoms with Crippen molar-refractivity contribution in [3.8, 4) is 11.3 Å². The molecule has 3 aromatic rings. The Bertz CT molecular complexity index is 1140. The summed E-state index contributed by atoms with van der Waals surface area (Å²) in [5.41, 5.74) is 5.40. The van der Waals surface area contributed by atoms with Crippen molar-refractivity contribution in [2.75, 3.05) is 38.0 Å². The van der Waals surface area contributed by atoms with Crippen LogP contribution in [-0.2, 0) is 16.0 Å². The molecule has 1 aliphatic rings. The molecule has 1 N–H and O–H groups in total. The molecule has 178 valence electrons. The molecule has 1 saturated heterocycles. The van der Waals surface area contributed by atoms with E-state index < -0.39 is 0 Å². The molecule has 0 spiro atoms. The van der Waals surface area contributed by atoms with Crippen LogP contribution < -0.4 is 5.32 Å². The van der Waals surface area contributed by atoms with Crippen LogP contribution in [0.3, 0.4) is 0 Å². The number of aryl methyl sites for hydroxylation is 4. The maximum atomic E-state index is 12.7. The number of hydrogen-bond acceptors (Lipinski definition) is 5. The Hall–Kier alpha value is -3.45. The number of carbonyl (C=O) groups is 2. The molecule has 2 heterocycles. The fraction of sp³-hybridized carbons (Fsp3) is 0.370. The van der Waals surface area contributed by atoms with Crippen LogP contribution in [0.25, 0.3) is 11.3 Å². The second-order valence-electron chi connectivity index (χ2n) is 8.99. The first kappa shape index (κ1) is 23.7. The minimum Gasteiger partial charge on any atom is -0.441 e. The van der Waals surface area contributed by atoms with Crippen LogP contribution in [0.1, 0.15) is 29.0 Å². The first-order valence-electron chi connectivity index (χ1n) is 11.8. The van der Waals surface area contributed by atoms with E-state index in [1.54, 1.807) is 6.20 Å². The van der Waals surface area contributed by atoms with Crippen LogP contribution in [0.2, 0.25) is 0 Å². The summed E-state index contributed by atoms with van der Waals surface area (Å²) in [4.78, 5) is 33.3. The van der Waals surface area contributed by atoms with Crippen molar-refractivity contribution < 1.29 is 14.0 Å². The number of aromatic nitrogens is 1. The number of hydrogen-bond donors (Lipinski definition) is 1. The molecule has 1 aromatic heterocycles. The second kappa shape index (κ2) is 10.7. The standard InChI is InChI=1S/C27H32N4O3/c1-19-4-8-23(9-5-19)29-25(32)18-30-12-14-31(15-13-30)27(33)11-10-26-28-17-24(34-26)22-7-6-20(2)21(3)16-22/h4-9,16-17H,10-15,18H2,1-3H3,(H,29,32).